The molecule has 0 N–H and O–H groups in total. The maximum atomic E-state index is 13.5. The number of amides is 1. The first-order chi connectivity index (χ1) is 20.1. The van der Waals surface area contributed by atoms with E-state index in [1.54, 1.807) is 11.0 Å². The van der Waals surface area contributed by atoms with E-state index in [1.165, 1.54) is 10.6 Å². The van der Waals surface area contributed by atoms with Gasteiger partial charge >= 0.3 is 16.9 Å². The third-order valence-electron chi connectivity index (χ3n) is 9.37. The van der Waals surface area contributed by atoms with Gasteiger partial charge in [-0.3, -0.25) is 19.7 Å². The third-order valence-corrected chi connectivity index (χ3v) is 9.37. The van der Waals surface area contributed by atoms with Crippen LogP contribution in [0.25, 0.3) is 11.0 Å². The lowest BCUT2D eigenvalue weighted by Crippen LogP contribution is -2.50. The number of piperidine rings is 1. The summed E-state index contributed by atoms with van der Waals surface area (Å²) in [5.41, 5.74) is 2.03. The number of carbonyl (C=O) groups excluding carboxylic acids is 1. The molecule has 2 atom stereocenters. The van der Waals surface area contributed by atoms with Gasteiger partial charge in [0.1, 0.15) is 22.7 Å². The summed E-state index contributed by atoms with van der Waals surface area (Å²) in [7, 11) is 0. The number of nitrogens with zero attached hydrogens (tertiary/aromatic N) is 3. The van der Waals surface area contributed by atoms with Crippen molar-refractivity contribution in [3.05, 3.63) is 71.5 Å². The van der Waals surface area contributed by atoms with Crippen molar-refractivity contribution in [3.63, 3.8) is 0 Å². The predicted molar refractivity (Wildman–Crippen MR) is 152 cm³/mol. The standard InChI is InChI=1S/C31H33N3O8/c1-31(2)10-9-21-24(42-31)12-25(27-19-5-3-4-6-20(19)30(37)41-28(21)27)40-16-26(35)32-13-17-11-18(15-32)22-7-8-23(34(38)39)29(36)33(22)14-17/h7-8,12,17-18H,3-6,9-11,13-16H2,1-2H3/t17-,18?/m0/s1. The number of likely N-dealkylation sites (tertiary alicyclic amines) is 1. The van der Waals surface area contributed by atoms with Gasteiger partial charge in [0.25, 0.3) is 5.91 Å². The van der Waals surface area contributed by atoms with Gasteiger partial charge in [-0.1, -0.05) is 0 Å². The second-order valence-electron chi connectivity index (χ2n) is 12.7. The molecule has 5 heterocycles. The monoisotopic (exact) mass is 575 g/mol. The summed E-state index contributed by atoms with van der Waals surface area (Å²) in [6.45, 7) is 5.03. The largest absolute Gasteiger partial charge is 0.487 e. The van der Waals surface area contributed by atoms with E-state index in [9.17, 15) is 24.5 Å². The van der Waals surface area contributed by atoms with Gasteiger partial charge in [0, 0.05) is 54.5 Å². The molecule has 3 aliphatic heterocycles. The van der Waals surface area contributed by atoms with E-state index in [0.717, 1.165) is 54.3 Å². The van der Waals surface area contributed by atoms with Gasteiger partial charge in [-0.15, -0.1) is 0 Å². The molecule has 3 aromatic rings. The van der Waals surface area contributed by atoms with Crippen molar-refractivity contribution < 1.29 is 23.6 Å². The van der Waals surface area contributed by atoms with Crippen LogP contribution in [0.2, 0.25) is 0 Å². The topological polar surface area (TPSA) is 134 Å². The van der Waals surface area contributed by atoms with E-state index >= 15 is 0 Å². The normalized spacial score (nSPS) is 22.0. The molecule has 1 amide bonds. The van der Waals surface area contributed by atoms with Gasteiger partial charge < -0.3 is 23.4 Å². The second kappa shape index (κ2) is 9.71. The number of pyridine rings is 1. The summed E-state index contributed by atoms with van der Waals surface area (Å²) in [6.07, 6.45) is 5.62. The van der Waals surface area contributed by atoms with E-state index in [4.69, 9.17) is 13.9 Å². The van der Waals surface area contributed by atoms with Crippen molar-refractivity contribution in [1.29, 1.82) is 0 Å². The minimum atomic E-state index is -0.647. The first-order valence-electron chi connectivity index (χ1n) is 14.7. The zero-order valence-electron chi connectivity index (χ0n) is 23.8. The Hall–Kier alpha value is -4.15. The molecule has 2 bridgehead atoms. The number of benzene rings is 1. The number of ether oxygens (including phenoxy) is 2. The molecule has 2 aromatic heterocycles. The van der Waals surface area contributed by atoms with Gasteiger partial charge in [0.15, 0.2) is 6.61 Å². The molecule has 1 aromatic carbocycles. The average molecular weight is 576 g/mol. The number of fused-ring (bicyclic) bond motifs is 9. The van der Waals surface area contributed by atoms with Crippen LogP contribution in [0.3, 0.4) is 0 Å². The Morgan fingerprint density at radius 2 is 1.88 bits per heavy atom. The van der Waals surface area contributed by atoms with E-state index in [2.05, 4.69) is 0 Å². The van der Waals surface area contributed by atoms with Crippen molar-refractivity contribution in [1.82, 2.24) is 9.47 Å². The zero-order chi connectivity index (χ0) is 29.3. The maximum Gasteiger partial charge on any atom is 0.339 e. The number of carbonyl (C=O) groups is 1. The summed E-state index contributed by atoms with van der Waals surface area (Å²) in [4.78, 5) is 51.6. The Morgan fingerprint density at radius 3 is 2.67 bits per heavy atom. The van der Waals surface area contributed by atoms with Crippen LogP contribution in [-0.2, 0) is 30.6 Å². The van der Waals surface area contributed by atoms with Gasteiger partial charge in [-0.25, -0.2) is 4.79 Å². The summed E-state index contributed by atoms with van der Waals surface area (Å²) in [5.74, 6) is 0.848. The fourth-order valence-corrected chi connectivity index (χ4v) is 7.34. The number of hydrogen-bond acceptors (Lipinski definition) is 8. The van der Waals surface area contributed by atoms with Gasteiger partial charge in [0.05, 0.1) is 10.3 Å². The average Bonchev–Trinajstić information content (AvgIpc) is 2.95. The van der Waals surface area contributed by atoms with Crippen LogP contribution in [0.4, 0.5) is 5.69 Å². The smallest absolute Gasteiger partial charge is 0.339 e. The van der Waals surface area contributed by atoms with Crippen LogP contribution < -0.4 is 20.7 Å². The highest BCUT2D eigenvalue weighted by atomic mass is 16.6. The second-order valence-corrected chi connectivity index (χ2v) is 12.7. The zero-order valence-corrected chi connectivity index (χ0v) is 23.8. The number of aromatic nitrogens is 1. The summed E-state index contributed by atoms with van der Waals surface area (Å²) >= 11 is 0. The molecule has 7 rings (SSSR count). The molecule has 42 heavy (non-hydrogen) atoms. The van der Waals surface area contributed by atoms with Crippen LogP contribution >= 0.6 is 0 Å². The van der Waals surface area contributed by atoms with E-state index in [-0.39, 0.29) is 35.6 Å². The molecule has 1 aliphatic carbocycles. The summed E-state index contributed by atoms with van der Waals surface area (Å²) < 4.78 is 20.0. The molecule has 0 radical (unpaired) electrons. The molecule has 220 valence electrons. The fraction of sp³-hybridized carbons (Fsp3) is 0.516. The number of rotatable bonds is 4. The molecule has 0 saturated carbocycles. The molecular formula is C31H33N3O8. The Labute approximate surface area is 241 Å². The minimum Gasteiger partial charge on any atom is -0.487 e. The van der Waals surface area contributed by atoms with E-state index in [1.807, 2.05) is 19.9 Å². The molecular weight excluding hydrogens is 542 g/mol. The van der Waals surface area contributed by atoms with E-state index < -0.39 is 16.2 Å². The van der Waals surface area contributed by atoms with Gasteiger partial charge in [-0.05, 0) is 76.3 Å². The maximum absolute atomic E-state index is 13.5. The van der Waals surface area contributed by atoms with Crippen LogP contribution in [0.1, 0.15) is 67.8 Å². The fourth-order valence-electron chi connectivity index (χ4n) is 7.34. The molecule has 1 unspecified atom stereocenters. The Kier molecular flexibility index (Phi) is 6.18. The van der Waals surface area contributed by atoms with Crippen LogP contribution in [0, 0.1) is 16.0 Å². The molecule has 11 nitrogen and oxygen atoms in total. The van der Waals surface area contributed by atoms with Gasteiger partial charge in [0.2, 0.25) is 0 Å². The highest BCUT2D eigenvalue weighted by Gasteiger charge is 2.38. The SMILES string of the molecule is CC1(C)CCc2c(cc(OCC(=O)N3CC4C[C@@H](C3)Cn3c4ccc([N+](=O)[O-])c3=O)c3c4c(c(=O)oc23)CCCC4)O1. The Balaban J connectivity index is 1.18. The first kappa shape index (κ1) is 26.7. The van der Waals surface area contributed by atoms with Crippen molar-refractivity contribution in [3.8, 4) is 11.5 Å². The molecule has 0 spiro atoms. The van der Waals surface area contributed by atoms with Gasteiger partial charge in [-0.2, -0.15) is 0 Å². The Morgan fingerprint density at radius 1 is 1.10 bits per heavy atom. The molecule has 11 heteroatoms. The van der Waals surface area contributed by atoms with Crippen molar-refractivity contribution in [2.75, 3.05) is 19.7 Å². The van der Waals surface area contributed by atoms with E-state index in [0.29, 0.717) is 55.1 Å². The van der Waals surface area contributed by atoms with Crippen molar-refractivity contribution >= 4 is 22.6 Å². The summed E-state index contributed by atoms with van der Waals surface area (Å²) in [5, 5.41) is 12.0. The van der Waals surface area contributed by atoms with Crippen molar-refractivity contribution in [2.24, 2.45) is 5.92 Å². The molecule has 1 saturated heterocycles. The van der Waals surface area contributed by atoms with Crippen LogP contribution in [0.15, 0.2) is 32.2 Å². The Bertz CT molecular complexity index is 1770. The lowest BCUT2D eigenvalue weighted by atomic mass is 9.83. The lowest BCUT2D eigenvalue weighted by Gasteiger charge is -2.42. The summed E-state index contributed by atoms with van der Waals surface area (Å²) in [6, 6.07) is 4.76. The molecule has 4 aliphatic rings. The van der Waals surface area contributed by atoms with Crippen molar-refractivity contribution in [2.45, 2.75) is 76.9 Å². The highest BCUT2D eigenvalue weighted by molar-refractivity contribution is 5.93. The quantitative estimate of drug-likeness (QED) is 0.260. The first-order valence-corrected chi connectivity index (χ1v) is 14.7. The number of nitro groups is 1. The lowest BCUT2D eigenvalue weighted by molar-refractivity contribution is -0.386. The third kappa shape index (κ3) is 4.37. The van der Waals surface area contributed by atoms with Crippen LogP contribution in [0.5, 0.6) is 11.5 Å². The van der Waals surface area contributed by atoms with Crippen LogP contribution in [-0.4, -0.2) is 45.6 Å². The minimum absolute atomic E-state index is 0.0152. The highest BCUT2D eigenvalue weighted by Crippen LogP contribution is 2.44. The number of hydrogen-bond donors (Lipinski definition) is 0. The number of aryl methyl sites for hydroxylation is 2. The molecule has 1 fully saturated rings. The predicted octanol–water partition coefficient (Wildman–Crippen LogP) is 3.87.